The Morgan fingerprint density at radius 2 is 2.03 bits per heavy atom. The summed E-state index contributed by atoms with van der Waals surface area (Å²) in [6, 6.07) is 12.0. The Labute approximate surface area is 170 Å². The van der Waals surface area contributed by atoms with E-state index in [1.807, 2.05) is 6.07 Å². The molecule has 1 saturated heterocycles. The molecule has 8 heteroatoms. The number of aldehydes is 1. The number of rotatable bonds is 3. The molecule has 3 unspecified atom stereocenters. The quantitative estimate of drug-likeness (QED) is 0.780. The maximum atomic E-state index is 14.7. The molecule has 29 heavy (non-hydrogen) atoms. The standard InChI is InChI=1S/C21H18F2N2O3S/c22-15-6-7-17(18(23)9-15)21-12-28-16(10-26)8-14(21)11-29-20(25-21)24-19(27)13-4-2-1-3-5-13/h1-7,9-10,14,16H,8,11-12H2,(H,24,25,27). The van der Waals surface area contributed by atoms with E-state index in [1.54, 1.807) is 24.3 Å². The molecular weight excluding hydrogens is 398 g/mol. The lowest BCUT2D eigenvalue weighted by molar-refractivity contribution is -0.127. The van der Waals surface area contributed by atoms with Crippen molar-refractivity contribution in [1.29, 1.82) is 0 Å². The third-order valence-electron chi connectivity index (χ3n) is 5.24. The Hall–Kier alpha value is -2.58. The summed E-state index contributed by atoms with van der Waals surface area (Å²) < 4.78 is 33.8. The van der Waals surface area contributed by atoms with E-state index in [1.165, 1.54) is 23.9 Å². The van der Waals surface area contributed by atoms with Gasteiger partial charge in [-0.2, -0.15) is 0 Å². The average molecular weight is 416 g/mol. The van der Waals surface area contributed by atoms with Gasteiger partial charge in [-0.05, 0) is 24.6 Å². The van der Waals surface area contributed by atoms with Gasteiger partial charge in [0.2, 0.25) is 0 Å². The first kappa shape index (κ1) is 19.7. The molecule has 0 saturated carbocycles. The van der Waals surface area contributed by atoms with Crippen LogP contribution in [0.4, 0.5) is 8.78 Å². The molecule has 2 aromatic carbocycles. The number of fused-ring (bicyclic) bond motifs is 1. The number of hydrogen-bond acceptors (Lipinski definition) is 5. The molecular formula is C21H18F2N2O3S. The molecule has 4 rings (SSSR count). The molecule has 0 radical (unpaired) electrons. The SMILES string of the molecule is O=CC1CC2CSC(NC(=O)c3ccccc3)=NC2(c2ccc(F)cc2F)CO1. The number of carbonyl (C=O) groups excluding carboxylic acids is 2. The normalized spacial score (nSPS) is 26.2. The van der Waals surface area contributed by atoms with Crippen molar-refractivity contribution in [2.75, 3.05) is 12.4 Å². The van der Waals surface area contributed by atoms with Crippen LogP contribution in [-0.4, -0.2) is 35.8 Å². The zero-order valence-corrected chi connectivity index (χ0v) is 16.1. The first-order valence-electron chi connectivity index (χ1n) is 9.13. The number of amides is 1. The van der Waals surface area contributed by atoms with E-state index in [-0.39, 0.29) is 24.0 Å². The fourth-order valence-corrected chi connectivity index (χ4v) is 4.90. The molecule has 1 fully saturated rings. The lowest BCUT2D eigenvalue weighted by Gasteiger charge is -2.45. The summed E-state index contributed by atoms with van der Waals surface area (Å²) in [5.74, 6) is -1.43. The van der Waals surface area contributed by atoms with Crippen molar-refractivity contribution in [3.05, 3.63) is 71.3 Å². The number of benzene rings is 2. The summed E-state index contributed by atoms with van der Waals surface area (Å²) in [6.45, 7) is -0.0328. The van der Waals surface area contributed by atoms with Crippen LogP contribution in [-0.2, 0) is 15.1 Å². The second kappa shape index (κ2) is 8.04. The lowest BCUT2D eigenvalue weighted by atomic mass is 9.75. The van der Waals surface area contributed by atoms with Gasteiger partial charge in [-0.25, -0.2) is 13.8 Å². The average Bonchev–Trinajstić information content (AvgIpc) is 2.73. The molecule has 2 aromatic rings. The number of thioether (sulfide) groups is 1. The van der Waals surface area contributed by atoms with Gasteiger partial charge in [-0.1, -0.05) is 36.0 Å². The Balaban J connectivity index is 1.71. The molecule has 1 amide bonds. The van der Waals surface area contributed by atoms with Gasteiger partial charge < -0.3 is 14.8 Å². The van der Waals surface area contributed by atoms with Crippen LogP contribution in [0.1, 0.15) is 22.3 Å². The molecule has 0 bridgehead atoms. The molecule has 2 aliphatic heterocycles. The predicted molar refractivity (Wildman–Crippen MR) is 106 cm³/mol. The monoisotopic (exact) mass is 416 g/mol. The zero-order chi connectivity index (χ0) is 20.4. The van der Waals surface area contributed by atoms with Gasteiger partial charge in [0.05, 0.1) is 6.61 Å². The highest BCUT2D eigenvalue weighted by atomic mass is 32.2. The van der Waals surface area contributed by atoms with Crippen LogP contribution >= 0.6 is 11.8 Å². The van der Waals surface area contributed by atoms with Gasteiger partial charge in [0.25, 0.3) is 5.91 Å². The van der Waals surface area contributed by atoms with E-state index in [2.05, 4.69) is 10.3 Å². The zero-order valence-electron chi connectivity index (χ0n) is 15.3. The highest BCUT2D eigenvalue weighted by molar-refractivity contribution is 8.13. The number of nitrogens with one attached hydrogen (secondary N) is 1. The first-order valence-corrected chi connectivity index (χ1v) is 10.1. The summed E-state index contributed by atoms with van der Waals surface area (Å²) in [6.07, 6.45) is 0.510. The minimum Gasteiger partial charge on any atom is -0.368 e. The van der Waals surface area contributed by atoms with Gasteiger partial charge in [-0.3, -0.25) is 4.79 Å². The van der Waals surface area contributed by atoms with E-state index in [0.29, 0.717) is 22.9 Å². The summed E-state index contributed by atoms with van der Waals surface area (Å²) in [5.41, 5.74) is -0.470. The van der Waals surface area contributed by atoms with Crippen molar-refractivity contribution >= 4 is 29.1 Å². The van der Waals surface area contributed by atoms with Gasteiger partial charge >= 0.3 is 0 Å². The van der Waals surface area contributed by atoms with E-state index < -0.39 is 23.3 Å². The maximum absolute atomic E-state index is 14.7. The van der Waals surface area contributed by atoms with Gasteiger partial charge in [0.1, 0.15) is 29.6 Å². The topological polar surface area (TPSA) is 67.8 Å². The van der Waals surface area contributed by atoms with Crippen molar-refractivity contribution in [1.82, 2.24) is 5.32 Å². The Kier molecular flexibility index (Phi) is 5.47. The van der Waals surface area contributed by atoms with E-state index in [0.717, 1.165) is 12.4 Å². The number of ether oxygens (including phenoxy) is 1. The number of hydrogen-bond donors (Lipinski definition) is 1. The summed E-state index contributed by atoms with van der Waals surface area (Å²) in [4.78, 5) is 28.4. The molecule has 0 spiro atoms. The molecule has 2 heterocycles. The third kappa shape index (κ3) is 3.82. The molecule has 0 aliphatic carbocycles. The fraction of sp³-hybridized carbons (Fsp3) is 0.286. The fourth-order valence-electron chi connectivity index (χ4n) is 3.73. The van der Waals surface area contributed by atoms with Crippen molar-refractivity contribution < 1.29 is 23.1 Å². The molecule has 5 nitrogen and oxygen atoms in total. The molecule has 3 atom stereocenters. The van der Waals surface area contributed by atoms with E-state index in [4.69, 9.17) is 4.74 Å². The number of aliphatic imine (C=N–C) groups is 1. The van der Waals surface area contributed by atoms with E-state index in [9.17, 15) is 18.4 Å². The van der Waals surface area contributed by atoms with Crippen molar-refractivity contribution in [3.63, 3.8) is 0 Å². The Morgan fingerprint density at radius 3 is 2.76 bits per heavy atom. The minimum absolute atomic E-state index is 0.0328. The molecule has 0 aromatic heterocycles. The van der Waals surface area contributed by atoms with Crippen molar-refractivity contribution in [2.24, 2.45) is 10.9 Å². The first-order chi connectivity index (χ1) is 14.0. The highest BCUT2D eigenvalue weighted by Crippen LogP contribution is 2.46. The van der Waals surface area contributed by atoms with Crippen LogP contribution in [0, 0.1) is 17.6 Å². The molecule has 1 N–H and O–H groups in total. The third-order valence-corrected chi connectivity index (χ3v) is 6.27. The van der Waals surface area contributed by atoms with Gasteiger partial charge in [0, 0.05) is 28.9 Å². The number of carbonyl (C=O) groups is 2. The van der Waals surface area contributed by atoms with Gasteiger partial charge in [-0.15, -0.1) is 0 Å². The van der Waals surface area contributed by atoms with Crippen LogP contribution in [0.25, 0.3) is 0 Å². The van der Waals surface area contributed by atoms with Gasteiger partial charge in [0.15, 0.2) is 5.17 Å². The largest absolute Gasteiger partial charge is 0.368 e. The lowest BCUT2D eigenvalue weighted by Crippen LogP contribution is -2.51. The summed E-state index contributed by atoms with van der Waals surface area (Å²) in [7, 11) is 0. The summed E-state index contributed by atoms with van der Waals surface area (Å²) >= 11 is 1.34. The van der Waals surface area contributed by atoms with Crippen LogP contribution < -0.4 is 5.32 Å². The van der Waals surface area contributed by atoms with E-state index >= 15 is 0 Å². The van der Waals surface area contributed by atoms with Crippen LogP contribution in [0.3, 0.4) is 0 Å². The predicted octanol–water partition coefficient (Wildman–Crippen LogP) is 3.30. The van der Waals surface area contributed by atoms with Crippen LogP contribution in [0.5, 0.6) is 0 Å². The minimum atomic E-state index is -1.14. The second-order valence-corrected chi connectivity index (χ2v) is 8.02. The molecule has 2 aliphatic rings. The van der Waals surface area contributed by atoms with Crippen molar-refractivity contribution in [3.8, 4) is 0 Å². The number of halogens is 2. The van der Waals surface area contributed by atoms with Crippen LogP contribution in [0.2, 0.25) is 0 Å². The number of nitrogens with zero attached hydrogens (tertiary/aromatic N) is 1. The highest BCUT2D eigenvalue weighted by Gasteiger charge is 2.49. The smallest absolute Gasteiger partial charge is 0.257 e. The Bertz CT molecular complexity index is 970. The summed E-state index contributed by atoms with van der Waals surface area (Å²) in [5, 5.41) is 3.11. The molecule has 150 valence electrons. The maximum Gasteiger partial charge on any atom is 0.257 e. The second-order valence-electron chi connectivity index (χ2n) is 7.01. The van der Waals surface area contributed by atoms with Crippen LogP contribution in [0.15, 0.2) is 53.5 Å². The van der Waals surface area contributed by atoms with Crippen molar-refractivity contribution in [2.45, 2.75) is 18.1 Å². The number of amidine groups is 1. The Morgan fingerprint density at radius 1 is 1.24 bits per heavy atom.